The molecule has 0 amide bonds. The Morgan fingerprint density at radius 2 is 2.00 bits per heavy atom. The lowest BCUT2D eigenvalue weighted by Crippen LogP contribution is -1.91. The van der Waals surface area contributed by atoms with E-state index in [-0.39, 0.29) is 0 Å². The topological polar surface area (TPSA) is 70.9 Å². The van der Waals surface area contributed by atoms with Crippen LogP contribution in [-0.4, -0.2) is 24.2 Å². The van der Waals surface area contributed by atoms with Gasteiger partial charge in [0.2, 0.25) is 0 Å². The highest BCUT2D eigenvalue weighted by Crippen LogP contribution is 2.33. The third-order valence-electron chi connectivity index (χ3n) is 3.29. The zero-order valence-corrected chi connectivity index (χ0v) is 11.7. The molecule has 0 fully saturated rings. The summed E-state index contributed by atoms with van der Waals surface area (Å²) in [6, 6.07) is 13.1. The number of fused-ring (bicyclic) bond motifs is 1. The monoisotopic (exact) mass is 279 g/mol. The average Bonchev–Trinajstić information content (AvgIpc) is 2.98. The number of H-pyrrole nitrogens is 1. The number of aromatic amines is 1. The largest absolute Gasteiger partial charge is 0.497 e. The first-order valence-electron chi connectivity index (χ1n) is 6.38. The predicted octanol–water partition coefficient (Wildman–Crippen LogP) is 3.12. The van der Waals surface area contributed by atoms with Gasteiger partial charge in [-0.2, -0.15) is 5.26 Å². The van der Waals surface area contributed by atoms with Crippen molar-refractivity contribution in [2.75, 3.05) is 14.2 Å². The van der Waals surface area contributed by atoms with Crippen molar-refractivity contribution < 1.29 is 9.47 Å². The maximum absolute atomic E-state index is 9.15. The Morgan fingerprint density at radius 1 is 1.14 bits per heavy atom. The van der Waals surface area contributed by atoms with Crippen LogP contribution in [0, 0.1) is 11.3 Å². The molecule has 2 aromatic carbocycles. The van der Waals surface area contributed by atoms with Crippen molar-refractivity contribution >= 4 is 11.0 Å². The molecule has 0 saturated carbocycles. The number of benzene rings is 2. The van der Waals surface area contributed by atoms with Crippen LogP contribution in [0.2, 0.25) is 0 Å². The molecule has 0 unspecified atom stereocenters. The Morgan fingerprint density at radius 3 is 2.71 bits per heavy atom. The van der Waals surface area contributed by atoms with E-state index in [1.165, 1.54) is 0 Å². The molecular formula is C16H13N3O2. The van der Waals surface area contributed by atoms with E-state index in [0.29, 0.717) is 28.4 Å². The van der Waals surface area contributed by atoms with Gasteiger partial charge in [-0.05, 0) is 30.3 Å². The summed E-state index contributed by atoms with van der Waals surface area (Å²) in [6.45, 7) is 0. The van der Waals surface area contributed by atoms with Crippen LogP contribution < -0.4 is 9.47 Å². The van der Waals surface area contributed by atoms with Gasteiger partial charge in [-0.3, -0.25) is 0 Å². The van der Waals surface area contributed by atoms with Crippen LogP contribution in [0.4, 0.5) is 0 Å². The normalized spacial score (nSPS) is 10.3. The Labute approximate surface area is 121 Å². The van der Waals surface area contributed by atoms with Crippen LogP contribution in [0.5, 0.6) is 11.5 Å². The SMILES string of the molecule is COc1ccc(OC)c(-c2nc3c(C#N)cccc3[nH]2)c1. The van der Waals surface area contributed by atoms with Crippen molar-refractivity contribution in [1.82, 2.24) is 9.97 Å². The van der Waals surface area contributed by atoms with E-state index < -0.39 is 0 Å². The minimum absolute atomic E-state index is 0.539. The number of imidazole rings is 1. The van der Waals surface area contributed by atoms with Gasteiger partial charge in [0.25, 0.3) is 0 Å². The molecule has 1 aromatic heterocycles. The molecule has 0 aliphatic carbocycles. The molecule has 5 nitrogen and oxygen atoms in total. The highest BCUT2D eigenvalue weighted by molar-refractivity contribution is 5.85. The van der Waals surface area contributed by atoms with Crippen molar-refractivity contribution in [2.24, 2.45) is 0 Å². The fourth-order valence-electron chi connectivity index (χ4n) is 2.25. The number of para-hydroxylation sites is 1. The van der Waals surface area contributed by atoms with Crippen molar-refractivity contribution in [2.45, 2.75) is 0 Å². The van der Waals surface area contributed by atoms with Crippen LogP contribution in [0.1, 0.15) is 5.56 Å². The number of ether oxygens (including phenoxy) is 2. The Kier molecular flexibility index (Phi) is 3.20. The van der Waals surface area contributed by atoms with Gasteiger partial charge in [-0.25, -0.2) is 4.98 Å². The van der Waals surface area contributed by atoms with Crippen LogP contribution >= 0.6 is 0 Å². The van der Waals surface area contributed by atoms with E-state index in [4.69, 9.17) is 14.7 Å². The fraction of sp³-hybridized carbons (Fsp3) is 0.125. The second-order valence-electron chi connectivity index (χ2n) is 4.47. The molecule has 0 bridgehead atoms. The van der Waals surface area contributed by atoms with Gasteiger partial charge in [-0.1, -0.05) is 6.07 Å². The highest BCUT2D eigenvalue weighted by Gasteiger charge is 2.13. The molecule has 0 aliphatic heterocycles. The van der Waals surface area contributed by atoms with E-state index in [9.17, 15) is 0 Å². The first kappa shape index (κ1) is 13.0. The zero-order chi connectivity index (χ0) is 14.8. The van der Waals surface area contributed by atoms with Gasteiger partial charge in [0.1, 0.15) is 28.9 Å². The second kappa shape index (κ2) is 5.17. The Hall–Kier alpha value is -3.00. The van der Waals surface area contributed by atoms with Gasteiger partial charge >= 0.3 is 0 Å². The van der Waals surface area contributed by atoms with Crippen LogP contribution in [0.3, 0.4) is 0 Å². The minimum Gasteiger partial charge on any atom is -0.497 e. The lowest BCUT2D eigenvalue weighted by Gasteiger charge is -2.08. The summed E-state index contributed by atoms with van der Waals surface area (Å²) in [4.78, 5) is 7.74. The summed E-state index contributed by atoms with van der Waals surface area (Å²) in [5, 5.41) is 9.15. The summed E-state index contributed by atoms with van der Waals surface area (Å²) >= 11 is 0. The number of methoxy groups -OCH3 is 2. The number of hydrogen-bond acceptors (Lipinski definition) is 4. The second-order valence-corrected chi connectivity index (χ2v) is 4.47. The maximum atomic E-state index is 9.15. The summed E-state index contributed by atoms with van der Waals surface area (Å²) in [6.07, 6.45) is 0. The van der Waals surface area contributed by atoms with Crippen LogP contribution in [-0.2, 0) is 0 Å². The van der Waals surface area contributed by atoms with Crippen molar-refractivity contribution in [3.05, 3.63) is 42.0 Å². The number of rotatable bonds is 3. The quantitative estimate of drug-likeness (QED) is 0.799. The molecule has 0 saturated heterocycles. The minimum atomic E-state index is 0.539. The molecule has 0 spiro atoms. The van der Waals surface area contributed by atoms with Gasteiger partial charge in [0, 0.05) is 0 Å². The van der Waals surface area contributed by atoms with Gasteiger partial charge in [0.05, 0.1) is 30.9 Å². The molecule has 1 N–H and O–H groups in total. The molecule has 1 heterocycles. The standard InChI is InChI=1S/C16H13N3O2/c1-20-11-6-7-14(21-2)12(8-11)16-18-13-5-3-4-10(9-17)15(13)19-16/h3-8H,1-2H3,(H,18,19). The van der Waals surface area contributed by atoms with Crippen molar-refractivity contribution in [1.29, 1.82) is 5.26 Å². The third-order valence-corrected chi connectivity index (χ3v) is 3.29. The zero-order valence-electron chi connectivity index (χ0n) is 11.7. The number of nitrogens with one attached hydrogen (secondary N) is 1. The molecule has 104 valence electrons. The molecule has 0 radical (unpaired) electrons. The summed E-state index contributed by atoms with van der Waals surface area (Å²) in [5.74, 6) is 2.04. The van der Waals surface area contributed by atoms with E-state index in [1.807, 2.05) is 30.3 Å². The Balaban J connectivity index is 2.23. The maximum Gasteiger partial charge on any atom is 0.142 e. The molecule has 3 aromatic rings. The lowest BCUT2D eigenvalue weighted by molar-refractivity contribution is 0.404. The van der Waals surface area contributed by atoms with Gasteiger partial charge in [-0.15, -0.1) is 0 Å². The molecular weight excluding hydrogens is 266 g/mol. The lowest BCUT2D eigenvalue weighted by atomic mass is 10.2. The summed E-state index contributed by atoms with van der Waals surface area (Å²) in [5.41, 5.74) is 2.79. The summed E-state index contributed by atoms with van der Waals surface area (Å²) < 4.78 is 10.6. The smallest absolute Gasteiger partial charge is 0.142 e. The molecule has 3 rings (SSSR count). The fourth-order valence-corrected chi connectivity index (χ4v) is 2.25. The van der Waals surface area contributed by atoms with Crippen molar-refractivity contribution in [3.8, 4) is 29.0 Å². The first-order chi connectivity index (χ1) is 10.3. The van der Waals surface area contributed by atoms with Crippen molar-refractivity contribution in [3.63, 3.8) is 0 Å². The predicted molar refractivity (Wildman–Crippen MR) is 79.3 cm³/mol. The highest BCUT2D eigenvalue weighted by atomic mass is 16.5. The number of aromatic nitrogens is 2. The van der Waals surface area contributed by atoms with E-state index >= 15 is 0 Å². The van der Waals surface area contributed by atoms with Crippen LogP contribution in [0.25, 0.3) is 22.4 Å². The Bertz CT molecular complexity index is 846. The number of nitriles is 1. The van der Waals surface area contributed by atoms with Gasteiger partial charge < -0.3 is 14.5 Å². The van der Waals surface area contributed by atoms with E-state index in [2.05, 4.69) is 16.0 Å². The third kappa shape index (κ3) is 2.17. The number of nitrogens with zero attached hydrogens (tertiary/aromatic N) is 2. The summed E-state index contributed by atoms with van der Waals surface area (Å²) in [7, 11) is 3.21. The van der Waals surface area contributed by atoms with Gasteiger partial charge in [0.15, 0.2) is 0 Å². The first-order valence-corrected chi connectivity index (χ1v) is 6.38. The molecule has 0 aliphatic rings. The average molecular weight is 279 g/mol. The molecule has 21 heavy (non-hydrogen) atoms. The number of hydrogen-bond donors (Lipinski definition) is 1. The van der Waals surface area contributed by atoms with E-state index in [1.54, 1.807) is 20.3 Å². The molecule has 0 atom stereocenters. The molecule has 5 heteroatoms. The van der Waals surface area contributed by atoms with E-state index in [0.717, 1.165) is 11.1 Å². The van der Waals surface area contributed by atoms with Crippen LogP contribution in [0.15, 0.2) is 36.4 Å².